The van der Waals surface area contributed by atoms with Gasteiger partial charge in [0.1, 0.15) is 5.75 Å². The third-order valence-corrected chi connectivity index (χ3v) is 2.47. The summed E-state index contributed by atoms with van der Waals surface area (Å²) < 4.78 is 33.4. The molecular weight excluding hydrogens is 254 g/mol. The minimum atomic E-state index is -2.91. The molecule has 0 saturated carbocycles. The monoisotopic (exact) mass is 266 g/mol. The van der Waals surface area contributed by atoms with E-state index in [2.05, 4.69) is 14.7 Å². The average molecular weight is 266 g/mol. The summed E-state index contributed by atoms with van der Waals surface area (Å²) in [6, 6.07) is 5.61. The first-order chi connectivity index (χ1) is 9.10. The van der Waals surface area contributed by atoms with Gasteiger partial charge >= 0.3 is 6.61 Å². The number of ether oxygens (including phenoxy) is 2. The number of rotatable bonds is 4. The van der Waals surface area contributed by atoms with Crippen LogP contribution in [0, 0.1) is 6.92 Å². The second-order valence-corrected chi connectivity index (χ2v) is 3.82. The Morgan fingerprint density at radius 2 is 1.95 bits per heavy atom. The Bertz CT molecular complexity index is 559. The summed E-state index contributed by atoms with van der Waals surface area (Å²) >= 11 is 0. The molecule has 6 heteroatoms. The summed E-state index contributed by atoms with van der Waals surface area (Å²) in [5.74, 6) is 0.432. The number of methoxy groups -OCH3 is 1. The molecule has 0 radical (unpaired) electrons. The van der Waals surface area contributed by atoms with Crippen molar-refractivity contribution in [3.05, 3.63) is 36.2 Å². The van der Waals surface area contributed by atoms with E-state index >= 15 is 0 Å². The zero-order chi connectivity index (χ0) is 13.8. The molecule has 0 fully saturated rings. The minimum Gasteiger partial charge on any atom is -0.496 e. The fraction of sp³-hybridized carbons (Fsp3) is 0.231. The zero-order valence-corrected chi connectivity index (χ0v) is 10.4. The number of alkyl halides is 2. The van der Waals surface area contributed by atoms with E-state index in [0.29, 0.717) is 11.4 Å². The molecule has 0 amide bonds. The molecule has 0 aliphatic rings. The van der Waals surface area contributed by atoms with Gasteiger partial charge in [0.05, 0.1) is 25.2 Å². The second kappa shape index (κ2) is 5.60. The van der Waals surface area contributed by atoms with Crippen LogP contribution < -0.4 is 9.47 Å². The first-order valence-electron chi connectivity index (χ1n) is 5.52. The van der Waals surface area contributed by atoms with Crippen LogP contribution in [0.3, 0.4) is 0 Å². The highest BCUT2D eigenvalue weighted by Gasteiger charge is 2.10. The van der Waals surface area contributed by atoms with Crippen molar-refractivity contribution in [1.29, 1.82) is 0 Å². The normalized spacial score (nSPS) is 10.6. The van der Waals surface area contributed by atoms with Gasteiger partial charge in [0.25, 0.3) is 0 Å². The molecule has 2 aromatic rings. The van der Waals surface area contributed by atoms with Gasteiger partial charge in [-0.15, -0.1) is 0 Å². The van der Waals surface area contributed by atoms with E-state index in [4.69, 9.17) is 4.74 Å². The predicted molar refractivity (Wildman–Crippen MR) is 65.4 cm³/mol. The van der Waals surface area contributed by atoms with Crippen LogP contribution in [0.25, 0.3) is 11.3 Å². The first kappa shape index (κ1) is 13.2. The maximum atomic E-state index is 12.0. The van der Waals surface area contributed by atoms with Crippen molar-refractivity contribution in [3.8, 4) is 22.9 Å². The number of halogens is 2. The molecule has 2 rings (SSSR count). The Kier molecular flexibility index (Phi) is 3.89. The standard InChI is InChI=1S/C13H12F2N2O2/c1-8-3-4-9(11(5-8)18-2)10-6-17-12(7-16-10)19-13(14)15/h3-7,13H,1-2H3. The molecule has 19 heavy (non-hydrogen) atoms. The SMILES string of the molecule is COc1cc(C)ccc1-c1cnc(OC(F)F)cn1. The summed E-state index contributed by atoms with van der Waals surface area (Å²) in [6.07, 6.45) is 2.52. The van der Waals surface area contributed by atoms with E-state index in [-0.39, 0.29) is 5.88 Å². The quantitative estimate of drug-likeness (QED) is 0.853. The van der Waals surface area contributed by atoms with E-state index in [1.165, 1.54) is 6.20 Å². The highest BCUT2D eigenvalue weighted by atomic mass is 19.3. The summed E-state index contributed by atoms with van der Waals surface area (Å²) in [7, 11) is 1.56. The van der Waals surface area contributed by atoms with Crippen LogP contribution in [-0.2, 0) is 0 Å². The van der Waals surface area contributed by atoms with Crippen molar-refractivity contribution in [1.82, 2.24) is 9.97 Å². The van der Waals surface area contributed by atoms with Gasteiger partial charge in [-0.25, -0.2) is 9.97 Å². The van der Waals surface area contributed by atoms with Gasteiger partial charge in [-0.1, -0.05) is 6.07 Å². The Morgan fingerprint density at radius 1 is 1.16 bits per heavy atom. The predicted octanol–water partition coefficient (Wildman–Crippen LogP) is 3.06. The fourth-order valence-corrected chi connectivity index (χ4v) is 1.62. The van der Waals surface area contributed by atoms with Crippen LogP contribution in [0.2, 0.25) is 0 Å². The lowest BCUT2D eigenvalue weighted by Gasteiger charge is -2.09. The summed E-state index contributed by atoms with van der Waals surface area (Å²) in [6.45, 7) is -0.966. The molecule has 4 nitrogen and oxygen atoms in total. The second-order valence-electron chi connectivity index (χ2n) is 3.82. The summed E-state index contributed by atoms with van der Waals surface area (Å²) in [5, 5.41) is 0. The van der Waals surface area contributed by atoms with E-state index in [1.54, 1.807) is 7.11 Å². The third-order valence-electron chi connectivity index (χ3n) is 2.47. The molecule has 0 saturated heterocycles. The molecule has 0 spiro atoms. The fourth-order valence-electron chi connectivity index (χ4n) is 1.62. The van der Waals surface area contributed by atoms with Gasteiger partial charge in [-0.05, 0) is 24.6 Å². The van der Waals surface area contributed by atoms with E-state index in [0.717, 1.165) is 17.3 Å². The maximum Gasteiger partial charge on any atom is 0.388 e. The van der Waals surface area contributed by atoms with Gasteiger partial charge < -0.3 is 9.47 Å². The number of nitrogens with zero attached hydrogens (tertiary/aromatic N) is 2. The molecule has 1 aromatic carbocycles. The van der Waals surface area contributed by atoms with Crippen LogP contribution in [-0.4, -0.2) is 23.7 Å². The number of aromatic nitrogens is 2. The highest BCUT2D eigenvalue weighted by molar-refractivity contribution is 5.67. The molecule has 0 unspecified atom stereocenters. The van der Waals surface area contributed by atoms with E-state index < -0.39 is 6.61 Å². The Balaban J connectivity index is 2.32. The van der Waals surface area contributed by atoms with Gasteiger partial charge in [0.15, 0.2) is 0 Å². The number of benzene rings is 1. The van der Waals surface area contributed by atoms with Crippen molar-refractivity contribution in [2.45, 2.75) is 13.5 Å². The van der Waals surface area contributed by atoms with Crippen LogP contribution in [0.5, 0.6) is 11.6 Å². The summed E-state index contributed by atoms with van der Waals surface area (Å²) in [4.78, 5) is 7.81. The van der Waals surface area contributed by atoms with Crippen LogP contribution in [0.1, 0.15) is 5.56 Å². The molecular formula is C13H12F2N2O2. The number of hydrogen-bond donors (Lipinski definition) is 0. The lowest BCUT2D eigenvalue weighted by Crippen LogP contribution is -2.04. The van der Waals surface area contributed by atoms with E-state index in [1.807, 2.05) is 25.1 Å². The number of hydrogen-bond acceptors (Lipinski definition) is 4. The van der Waals surface area contributed by atoms with Crippen molar-refractivity contribution < 1.29 is 18.3 Å². The lowest BCUT2D eigenvalue weighted by atomic mass is 10.1. The minimum absolute atomic E-state index is 0.218. The van der Waals surface area contributed by atoms with Gasteiger partial charge in [0, 0.05) is 5.56 Å². The maximum absolute atomic E-state index is 12.0. The molecule has 0 atom stereocenters. The molecule has 100 valence electrons. The third kappa shape index (κ3) is 3.15. The largest absolute Gasteiger partial charge is 0.496 e. The number of aryl methyl sites for hydroxylation is 1. The van der Waals surface area contributed by atoms with Crippen LogP contribution in [0.15, 0.2) is 30.6 Å². The van der Waals surface area contributed by atoms with Crippen molar-refractivity contribution in [2.75, 3.05) is 7.11 Å². The summed E-state index contributed by atoms with van der Waals surface area (Å²) in [5.41, 5.74) is 2.31. The van der Waals surface area contributed by atoms with Crippen LogP contribution in [0.4, 0.5) is 8.78 Å². The lowest BCUT2D eigenvalue weighted by molar-refractivity contribution is -0.0530. The van der Waals surface area contributed by atoms with E-state index in [9.17, 15) is 8.78 Å². The van der Waals surface area contributed by atoms with Gasteiger partial charge in [-0.3, -0.25) is 0 Å². The smallest absolute Gasteiger partial charge is 0.388 e. The molecule has 0 aliphatic carbocycles. The molecule has 1 aromatic heterocycles. The molecule has 1 heterocycles. The highest BCUT2D eigenvalue weighted by Crippen LogP contribution is 2.29. The van der Waals surface area contributed by atoms with Crippen molar-refractivity contribution in [2.24, 2.45) is 0 Å². The Labute approximate surface area is 109 Å². The first-order valence-corrected chi connectivity index (χ1v) is 5.52. The molecule has 0 N–H and O–H groups in total. The Morgan fingerprint density at radius 3 is 2.53 bits per heavy atom. The zero-order valence-electron chi connectivity index (χ0n) is 10.4. The Hall–Kier alpha value is -2.24. The topological polar surface area (TPSA) is 44.2 Å². The van der Waals surface area contributed by atoms with Crippen LogP contribution >= 0.6 is 0 Å². The van der Waals surface area contributed by atoms with Gasteiger partial charge in [-0.2, -0.15) is 8.78 Å². The van der Waals surface area contributed by atoms with Gasteiger partial charge in [0.2, 0.25) is 5.88 Å². The molecule has 0 aliphatic heterocycles. The average Bonchev–Trinajstić information content (AvgIpc) is 2.39. The van der Waals surface area contributed by atoms with Crippen molar-refractivity contribution >= 4 is 0 Å². The molecule has 0 bridgehead atoms. The van der Waals surface area contributed by atoms with Crippen molar-refractivity contribution in [3.63, 3.8) is 0 Å².